The number of ether oxygens (including phenoxy) is 1. The third-order valence-electron chi connectivity index (χ3n) is 3.88. The fourth-order valence-electron chi connectivity index (χ4n) is 2.37. The van der Waals surface area contributed by atoms with Gasteiger partial charge in [0.1, 0.15) is 0 Å². The molecule has 1 fully saturated rings. The number of esters is 1. The summed E-state index contributed by atoms with van der Waals surface area (Å²) in [7, 11) is 1.39. The van der Waals surface area contributed by atoms with Gasteiger partial charge in [0.2, 0.25) is 0 Å². The Hall–Kier alpha value is -1.63. The SMILES string of the molecule is CC[C@@H](C)NC(=O)NC(=O)C[NH+]1CCC(C(=O)OC)CC1. The van der Waals surface area contributed by atoms with Crippen molar-refractivity contribution in [3.05, 3.63) is 0 Å². The van der Waals surface area contributed by atoms with Gasteiger partial charge in [0.25, 0.3) is 5.91 Å². The Labute approximate surface area is 125 Å². The molecule has 0 aromatic rings. The molecule has 120 valence electrons. The first kappa shape index (κ1) is 17.4. The maximum atomic E-state index is 11.8. The number of urea groups is 1. The summed E-state index contributed by atoms with van der Waals surface area (Å²) in [6.45, 7) is 5.57. The van der Waals surface area contributed by atoms with Crippen molar-refractivity contribution >= 4 is 17.9 Å². The van der Waals surface area contributed by atoms with Gasteiger partial charge in [-0.05, 0) is 13.3 Å². The first-order valence-corrected chi connectivity index (χ1v) is 7.48. The van der Waals surface area contributed by atoms with Gasteiger partial charge in [-0.3, -0.25) is 14.9 Å². The third kappa shape index (κ3) is 6.12. The number of methoxy groups -OCH3 is 1. The summed E-state index contributed by atoms with van der Waals surface area (Å²) < 4.78 is 4.73. The fourth-order valence-corrected chi connectivity index (χ4v) is 2.37. The van der Waals surface area contributed by atoms with Crippen LogP contribution in [-0.4, -0.2) is 50.7 Å². The summed E-state index contributed by atoms with van der Waals surface area (Å²) >= 11 is 0. The van der Waals surface area contributed by atoms with E-state index in [0.29, 0.717) is 12.8 Å². The number of hydrogen-bond donors (Lipinski definition) is 3. The third-order valence-corrected chi connectivity index (χ3v) is 3.88. The summed E-state index contributed by atoms with van der Waals surface area (Å²) in [6.07, 6.45) is 2.25. The summed E-state index contributed by atoms with van der Waals surface area (Å²) in [6, 6.07) is -0.404. The highest BCUT2D eigenvalue weighted by molar-refractivity contribution is 5.94. The molecule has 3 N–H and O–H groups in total. The molecule has 7 nitrogen and oxygen atoms in total. The van der Waals surface area contributed by atoms with E-state index >= 15 is 0 Å². The van der Waals surface area contributed by atoms with E-state index in [9.17, 15) is 14.4 Å². The van der Waals surface area contributed by atoms with Crippen molar-refractivity contribution in [1.82, 2.24) is 10.6 Å². The highest BCUT2D eigenvalue weighted by atomic mass is 16.5. The maximum absolute atomic E-state index is 11.8. The van der Waals surface area contributed by atoms with Crippen LogP contribution in [0.5, 0.6) is 0 Å². The van der Waals surface area contributed by atoms with Gasteiger partial charge in [-0.15, -0.1) is 0 Å². The van der Waals surface area contributed by atoms with Crippen LogP contribution in [0.15, 0.2) is 0 Å². The molecule has 21 heavy (non-hydrogen) atoms. The van der Waals surface area contributed by atoms with Crippen molar-refractivity contribution in [3.63, 3.8) is 0 Å². The molecule has 3 amide bonds. The van der Waals surface area contributed by atoms with Crippen LogP contribution in [0.1, 0.15) is 33.1 Å². The number of imide groups is 1. The van der Waals surface area contributed by atoms with E-state index in [1.807, 2.05) is 13.8 Å². The molecule has 0 aromatic carbocycles. The van der Waals surface area contributed by atoms with Gasteiger partial charge in [-0.1, -0.05) is 6.92 Å². The van der Waals surface area contributed by atoms with Gasteiger partial charge in [-0.25, -0.2) is 4.79 Å². The number of rotatable bonds is 5. The molecular weight excluding hydrogens is 274 g/mol. The molecule has 0 unspecified atom stereocenters. The number of carbonyl (C=O) groups excluding carboxylic acids is 3. The lowest BCUT2D eigenvalue weighted by atomic mass is 9.97. The molecule has 0 spiro atoms. The van der Waals surface area contributed by atoms with Gasteiger partial charge in [0, 0.05) is 18.9 Å². The highest BCUT2D eigenvalue weighted by Crippen LogP contribution is 2.10. The van der Waals surface area contributed by atoms with E-state index in [0.717, 1.165) is 24.4 Å². The zero-order chi connectivity index (χ0) is 15.8. The van der Waals surface area contributed by atoms with Crippen molar-refractivity contribution < 1.29 is 24.0 Å². The first-order chi connectivity index (χ1) is 9.96. The molecule has 0 bridgehead atoms. The Kier molecular flexibility index (Phi) is 7.14. The van der Waals surface area contributed by atoms with Crippen LogP contribution in [-0.2, 0) is 14.3 Å². The Morgan fingerprint density at radius 3 is 2.43 bits per heavy atom. The first-order valence-electron chi connectivity index (χ1n) is 7.48. The molecular formula is C14H26N3O4+. The Morgan fingerprint density at radius 1 is 1.29 bits per heavy atom. The maximum Gasteiger partial charge on any atom is 0.321 e. The quantitative estimate of drug-likeness (QED) is 0.573. The summed E-state index contributed by atoms with van der Waals surface area (Å²) in [5, 5.41) is 5.02. The average Bonchev–Trinajstić information content (AvgIpc) is 2.46. The largest absolute Gasteiger partial charge is 0.469 e. The van der Waals surface area contributed by atoms with E-state index in [1.165, 1.54) is 7.11 Å². The van der Waals surface area contributed by atoms with Gasteiger partial charge in [-0.2, -0.15) is 0 Å². The van der Waals surface area contributed by atoms with Crippen LogP contribution in [0.2, 0.25) is 0 Å². The molecule has 0 aromatic heterocycles. The molecule has 1 aliphatic rings. The van der Waals surface area contributed by atoms with Crippen LogP contribution < -0.4 is 15.5 Å². The van der Waals surface area contributed by atoms with Gasteiger partial charge < -0.3 is 15.0 Å². The van der Waals surface area contributed by atoms with Crippen LogP contribution in [0.4, 0.5) is 4.79 Å². The number of likely N-dealkylation sites (tertiary alicyclic amines) is 1. The second-order valence-electron chi connectivity index (χ2n) is 5.56. The molecule has 0 saturated carbocycles. The standard InChI is InChI=1S/C14H25N3O4/c1-4-10(2)15-14(20)16-12(18)9-17-7-5-11(6-8-17)13(19)21-3/h10-11H,4-9H2,1-3H3,(H2,15,16,18,20)/p+1/t10-/m1/s1. The van der Waals surface area contributed by atoms with Crippen molar-refractivity contribution in [2.24, 2.45) is 5.92 Å². The second kappa shape index (κ2) is 8.61. The number of nitrogens with one attached hydrogen (secondary N) is 3. The molecule has 0 radical (unpaired) electrons. The lowest BCUT2D eigenvalue weighted by molar-refractivity contribution is -0.897. The molecule has 1 rings (SSSR count). The fraction of sp³-hybridized carbons (Fsp3) is 0.786. The van der Waals surface area contributed by atoms with Crippen LogP contribution in [0.25, 0.3) is 0 Å². The summed E-state index contributed by atoms with van der Waals surface area (Å²) in [5.41, 5.74) is 0. The Morgan fingerprint density at radius 2 is 1.90 bits per heavy atom. The second-order valence-corrected chi connectivity index (χ2v) is 5.56. The number of quaternary nitrogens is 1. The molecule has 0 aliphatic carbocycles. The summed E-state index contributed by atoms with van der Waals surface area (Å²) in [5.74, 6) is -0.524. The van der Waals surface area contributed by atoms with E-state index in [2.05, 4.69) is 10.6 Å². The lowest BCUT2D eigenvalue weighted by Gasteiger charge is -2.27. The molecule has 1 atom stereocenters. The van der Waals surface area contributed by atoms with E-state index in [1.54, 1.807) is 0 Å². The zero-order valence-corrected chi connectivity index (χ0v) is 13.0. The number of carbonyl (C=O) groups is 3. The minimum Gasteiger partial charge on any atom is -0.469 e. The highest BCUT2D eigenvalue weighted by Gasteiger charge is 2.29. The molecule has 1 saturated heterocycles. The minimum absolute atomic E-state index is 0.0425. The zero-order valence-electron chi connectivity index (χ0n) is 13.0. The predicted octanol–water partition coefficient (Wildman–Crippen LogP) is -0.921. The van der Waals surface area contributed by atoms with E-state index < -0.39 is 6.03 Å². The summed E-state index contributed by atoms with van der Waals surface area (Å²) in [4.78, 5) is 35.8. The van der Waals surface area contributed by atoms with Crippen molar-refractivity contribution in [2.45, 2.75) is 39.2 Å². The smallest absolute Gasteiger partial charge is 0.321 e. The van der Waals surface area contributed by atoms with E-state index in [4.69, 9.17) is 4.74 Å². The number of hydrogen-bond acceptors (Lipinski definition) is 4. The monoisotopic (exact) mass is 300 g/mol. The van der Waals surface area contributed by atoms with Gasteiger partial charge in [0.15, 0.2) is 6.54 Å². The van der Waals surface area contributed by atoms with Crippen molar-refractivity contribution in [3.8, 4) is 0 Å². The Balaban J connectivity index is 2.27. The molecule has 1 aliphatic heterocycles. The number of amides is 3. The normalized spacial score (nSPS) is 23.0. The van der Waals surface area contributed by atoms with Crippen molar-refractivity contribution in [2.75, 3.05) is 26.7 Å². The molecule has 7 heteroatoms. The van der Waals surface area contributed by atoms with Gasteiger partial charge in [0.05, 0.1) is 26.1 Å². The van der Waals surface area contributed by atoms with E-state index in [-0.39, 0.29) is 30.4 Å². The van der Waals surface area contributed by atoms with Crippen LogP contribution >= 0.6 is 0 Å². The minimum atomic E-state index is -0.446. The van der Waals surface area contributed by atoms with Crippen LogP contribution in [0.3, 0.4) is 0 Å². The average molecular weight is 300 g/mol. The molecule has 1 heterocycles. The topological polar surface area (TPSA) is 88.9 Å². The lowest BCUT2D eigenvalue weighted by Crippen LogP contribution is -3.14. The Bertz CT molecular complexity index is 378. The van der Waals surface area contributed by atoms with Crippen LogP contribution in [0, 0.1) is 5.92 Å². The van der Waals surface area contributed by atoms with Gasteiger partial charge >= 0.3 is 12.0 Å². The number of piperidine rings is 1. The predicted molar refractivity (Wildman–Crippen MR) is 76.7 cm³/mol. The van der Waals surface area contributed by atoms with Crippen molar-refractivity contribution in [1.29, 1.82) is 0 Å².